The number of nitrogens with zero attached hydrogens (tertiary/aromatic N) is 1. The normalized spacial score (nSPS) is 40.7. The minimum atomic E-state index is -1.62. The number of fused-ring (bicyclic) bond motifs is 1. The van der Waals surface area contributed by atoms with E-state index in [0.717, 1.165) is 6.42 Å². The fraction of sp³-hybridized carbons (Fsp3) is 0.778. The van der Waals surface area contributed by atoms with E-state index < -0.39 is 3.79 Å². The molecule has 1 fully saturated rings. The van der Waals surface area contributed by atoms with Gasteiger partial charge in [0.1, 0.15) is 12.2 Å². The summed E-state index contributed by atoms with van der Waals surface area (Å²) in [5.74, 6) is 0.117. The van der Waals surface area contributed by atoms with Crippen LogP contribution in [0.3, 0.4) is 0 Å². The Balaban J connectivity index is 2.18. The Morgan fingerprint density at radius 1 is 1.47 bits per heavy atom. The lowest BCUT2D eigenvalue weighted by molar-refractivity contribution is 0.00269. The number of rotatable bonds is 0. The summed E-state index contributed by atoms with van der Waals surface area (Å²) in [7, 11) is 0. The predicted molar refractivity (Wildman–Crippen MR) is 60.7 cm³/mol. The van der Waals surface area contributed by atoms with Crippen LogP contribution in [0.4, 0.5) is 0 Å². The lowest BCUT2D eigenvalue weighted by atomic mass is 10.1. The molecule has 6 heteroatoms. The number of alkyl halides is 3. The molecule has 0 bridgehead atoms. The first-order chi connectivity index (χ1) is 6.88. The average Bonchev–Trinajstić information content (AvgIpc) is 2.44. The van der Waals surface area contributed by atoms with Crippen molar-refractivity contribution in [2.75, 3.05) is 0 Å². The van der Waals surface area contributed by atoms with Gasteiger partial charge in [0.15, 0.2) is 0 Å². The van der Waals surface area contributed by atoms with Crippen molar-refractivity contribution in [1.29, 1.82) is 0 Å². The molecule has 2 aliphatic heterocycles. The van der Waals surface area contributed by atoms with Crippen LogP contribution in [0, 0.1) is 6.92 Å². The summed E-state index contributed by atoms with van der Waals surface area (Å²) in [6.45, 7) is 5.85. The summed E-state index contributed by atoms with van der Waals surface area (Å²) < 4.78 is 9.50. The molecule has 15 heavy (non-hydrogen) atoms. The largest absolute Gasteiger partial charge is 0.472 e. The van der Waals surface area contributed by atoms with Crippen LogP contribution in [0.2, 0.25) is 0 Å². The standard InChI is InChI=1S/C9H11Cl3NO2/c1-4-3-6-7(14-4)5(2)13-8(15-6)9(10,11)12/h4-7H,2-3H2,1H3/t4-,5+,6-,7-/m0/s1. The van der Waals surface area contributed by atoms with Gasteiger partial charge in [0, 0.05) is 6.42 Å². The molecule has 0 unspecified atom stereocenters. The molecule has 0 aromatic heterocycles. The van der Waals surface area contributed by atoms with Crippen molar-refractivity contribution in [3.05, 3.63) is 6.92 Å². The van der Waals surface area contributed by atoms with Gasteiger partial charge in [-0.25, -0.2) is 4.99 Å². The number of ether oxygens (including phenoxy) is 2. The molecular formula is C9H11Cl3NO2. The van der Waals surface area contributed by atoms with E-state index in [1.54, 1.807) is 0 Å². The Morgan fingerprint density at radius 3 is 2.73 bits per heavy atom. The highest BCUT2D eigenvalue weighted by Crippen LogP contribution is 2.36. The first-order valence-electron chi connectivity index (χ1n) is 4.68. The fourth-order valence-electron chi connectivity index (χ4n) is 1.86. The summed E-state index contributed by atoms with van der Waals surface area (Å²) in [5, 5.41) is 0. The quantitative estimate of drug-likeness (QED) is 0.634. The van der Waals surface area contributed by atoms with Crippen LogP contribution in [-0.2, 0) is 9.47 Å². The smallest absolute Gasteiger partial charge is 0.266 e. The lowest BCUT2D eigenvalue weighted by Crippen LogP contribution is -2.43. The van der Waals surface area contributed by atoms with E-state index in [0.29, 0.717) is 0 Å². The Kier molecular flexibility index (Phi) is 3.10. The van der Waals surface area contributed by atoms with Crippen molar-refractivity contribution in [2.45, 2.75) is 41.5 Å². The van der Waals surface area contributed by atoms with E-state index in [-0.39, 0.29) is 30.3 Å². The molecular weight excluding hydrogens is 260 g/mol. The second-order valence-corrected chi connectivity index (χ2v) is 6.08. The third kappa shape index (κ3) is 2.36. The molecule has 0 N–H and O–H groups in total. The average molecular weight is 272 g/mol. The molecule has 0 aromatic carbocycles. The summed E-state index contributed by atoms with van der Waals surface area (Å²) in [6.07, 6.45) is 0.673. The molecule has 2 rings (SSSR count). The summed E-state index contributed by atoms with van der Waals surface area (Å²) in [5.41, 5.74) is 0. The van der Waals surface area contributed by atoms with Crippen LogP contribution in [0.25, 0.3) is 0 Å². The summed E-state index contributed by atoms with van der Waals surface area (Å²) >= 11 is 17.1. The Bertz CT molecular complexity index is 290. The van der Waals surface area contributed by atoms with Crippen molar-refractivity contribution in [1.82, 2.24) is 0 Å². The van der Waals surface area contributed by atoms with E-state index in [2.05, 4.69) is 11.9 Å². The number of aliphatic imine (C=N–C) groups is 1. The van der Waals surface area contributed by atoms with Gasteiger partial charge in [-0.15, -0.1) is 0 Å². The highest BCUT2D eigenvalue weighted by molar-refractivity contribution is 6.76. The maximum atomic E-state index is 5.71. The second-order valence-electron chi connectivity index (χ2n) is 3.80. The minimum absolute atomic E-state index is 0.106. The number of hydrogen-bond donors (Lipinski definition) is 0. The molecule has 0 aromatic rings. The lowest BCUT2D eigenvalue weighted by Gasteiger charge is -2.31. The van der Waals surface area contributed by atoms with Gasteiger partial charge in [0.25, 0.3) is 3.79 Å². The van der Waals surface area contributed by atoms with E-state index in [1.165, 1.54) is 0 Å². The third-order valence-corrected chi connectivity index (χ3v) is 2.97. The monoisotopic (exact) mass is 270 g/mol. The van der Waals surface area contributed by atoms with E-state index >= 15 is 0 Å². The van der Waals surface area contributed by atoms with Crippen molar-refractivity contribution < 1.29 is 9.47 Å². The van der Waals surface area contributed by atoms with E-state index in [4.69, 9.17) is 44.3 Å². The van der Waals surface area contributed by atoms with Crippen molar-refractivity contribution in [3.8, 4) is 0 Å². The van der Waals surface area contributed by atoms with Crippen LogP contribution >= 0.6 is 34.8 Å². The second kappa shape index (κ2) is 3.95. The Hall–Kier alpha value is 0.300. The zero-order chi connectivity index (χ0) is 11.2. The third-order valence-electron chi connectivity index (χ3n) is 2.49. The molecule has 0 saturated carbocycles. The molecule has 2 heterocycles. The highest BCUT2D eigenvalue weighted by Gasteiger charge is 2.45. The van der Waals surface area contributed by atoms with Gasteiger partial charge < -0.3 is 9.47 Å². The van der Waals surface area contributed by atoms with Crippen LogP contribution in [-0.4, -0.2) is 34.0 Å². The predicted octanol–water partition coefficient (Wildman–Crippen LogP) is 2.53. The Morgan fingerprint density at radius 2 is 2.13 bits per heavy atom. The van der Waals surface area contributed by atoms with Crippen molar-refractivity contribution >= 4 is 40.7 Å². The Labute approximate surface area is 104 Å². The van der Waals surface area contributed by atoms with Crippen LogP contribution < -0.4 is 0 Å². The maximum absolute atomic E-state index is 5.71. The molecule has 4 atom stereocenters. The van der Waals surface area contributed by atoms with Gasteiger partial charge in [-0.05, 0) is 13.8 Å². The van der Waals surface area contributed by atoms with E-state index in [9.17, 15) is 0 Å². The van der Waals surface area contributed by atoms with Crippen LogP contribution in [0.1, 0.15) is 13.3 Å². The highest BCUT2D eigenvalue weighted by atomic mass is 35.6. The van der Waals surface area contributed by atoms with Gasteiger partial charge >= 0.3 is 0 Å². The maximum Gasteiger partial charge on any atom is 0.266 e. The molecule has 1 radical (unpaired) electrons. The fourth-order valence-corrected chi connectivity index (χ4v) is 2.14. The number of halogens is 3. The van der Waals surface area contributed by atoms with Gasteiger partial charge in [-0.3, -0.25) is 0 Å². The van der Waals surface area contributed by atoms with Crippen LogP contribution in [0.5, 0.6) is 0 Å². The summed E-state index contributed by atoms with van der Waals surface area (Å²) in [4.78, 5) is 4.09. The first kappa shape index (κ1) is 11.8. The van der Waals surface area contributed by atoms with Gasteiger partial charge in [-0.1, -0.05) is 34.8 Å². The van der Waals surface area contributed by atoms with E-state index in [1.807, 2.05) is 6.92 Å². The first-order valence-corrected chi connectivity index (χ1v) is 5.81. The number of hydrogen-bond acceptors (Lipinski definition) is 3. The zero-order valence-electron chi connectivity index (χ0n) is 8.12. The van der Waals surface area contributed by atoms with Gasteiger partial charge in [-0.2, -0.15) is 0 Å². The molecule has 3 nitrogen and oxygen atoms in total. The minimum Gasteiger partial charge on any atom is -0.472 e. The van der Waals surface area contributed by atoms with Crippen molar-refractivity contribution in [2.24, 2.45) is 4.99 Å². The van der Waals surface area contributed by atoms with Gasteiger partial charge in [0.05, 0.1) is 12.1 Å². The van der Waals surface area contributed by atoms with Gasteiger partial charge in [0.2, 0.25) is 5.90 Å². The molecule has 0 amide bonds. The SMILES string of the molecule is [CH2][C@H]1N=C(C(Cl)(Cl)Cl)O[C@H]2C[C@H](C)O[C@H]21. The zero-order valence-corrected chi connectivity index (χ0v) is 10.4. The molecule has 1 saturated heterocycles. The molecule has 85 valence electrons. The summed E-state index contributed by atoms with van der Waals surface area (Å²) in [6, 6.07) is -0.278. The molecule has 2 aliphatic rings. The van der Waals surface area contributed by atoms with Crippen molar-refractivity contribution in [3.63, 3.8) is 0 Å². The van der Waals surface area contributed by atoms with Crippen LogP contribution in [0.15, 0.2) is 4.99 Å². The molecule has 0 spiro atoms. The molecule has 0 aliphatic carbocycles. The topological polar surface area (TPSA) is 30.8 Å².